The first-order chi connectivity index (χ1) is 10.4. The van der Waals surface area contributed by atoms with Gasteiger partial charge in [0.05, 0.1) is 19.8 Å². The third-order valence-electron chi connectivity index (χ3n) is 2.94. The van der Waals surface area contributed by atoms with Crippen molar-refractivity contribution in [1.82, 2.24) is 9.88 Å². The number of pyridine rings is 1. The first-order valence-electron chi connectivity index (χ1n) is 6.71. The molecule has 0 radical (unpaired) electrons. The Kier molecular flexibility index (Phi) is 5.42. The predicted molar refractivity (Wildman–Crippen MR) is 73.5 cm³/mol. The van der Waals surface area contributed by atoms with E-state index in [0.717, 1.165) is 5.56 Å². The Bertz CT molecular complexity index is 499. The van der Waals surface area contributed by atoms with Crippen molar-refractivity contribution in [3.63, 3.8) is 0 Å². The van der Waals surface area contributed by atoms with Gasteiger partial charge in [-0.15, -0.1) is 0 Å². The summed E-state index contributed by atoms with van der Waals surface area (Å²) in [6.07, 6.45) is -2.96. The summed E-state index contributed by atoms with van der Waals surface area (Å²) in [5, 5.41) is 0. The lowest BCUT2D eigenvalue weighted by molar-refractivity contribution is -0.154. The van der Waals surface area contributed by atoms with Crippen LogP contribution in [0.25, 0.3) is 0 Å². The van der Waals surface area contributed by atoms with E-state index in [1.54, 1.807) is 6.07 Å². The number of guanidine groups is 1. The number of rotatable bonds is 4. The molecule has 0 aromatic carbocycles. The zero-order valence-electron chi connectivity index (χ0n) is 11.8. The van der Waals surface area contributed by atoms with Crippen LogP contribution in [0.4, 0.5) is 13.2 Å². The van der Waals surface area contributed by atoms with Gasteiger partial charge in [-0.05, 0) is 5.56 Å². The summed E-state index contributed by atoms with van der Waals surface area (Å²) in [4.78, 5) is 9.96. The summed E-state index contributed by atoms with van der Waals surface area (Å²) >= 11 is 0. The third kappa shape index (κ3) is 5.40. The number of hydrogen-bond acceptors (Lipinski definition) is 4. The number of alkyl halides is 3. The van der Waals surface area contributed by atoms with E-state index in [1.165, 1.54) is 12.3 Å². The number of morpholine rings is 1. The molecule has 2 heterocycles. The standard InChI is InChI=1S/C13H17F3N4O2/c14-13(15,16)9-22-11-2-1-10(7-18-11)8-19-12(17)20-3-5-21-6-4-20/h1-2,7H,3-6,8-9H2,(H2,17,19). The van der Waals surface area contributed by atoms with Crippen molar-refractivity contribution in [3.8, 4) is 5.88 Å². The van der Waals surface area contributed by atoms with Crippen LogP contribution in [0.1, 0.15) is 5.56 Å². The molecule has 1 fully saturated rings. The van der Waals surface area contributed by atoms with Crippen LogP contribution in [0.2, 0.25) is 0 Å². The molecular weight excluding hydrogens is 301 g/mol. The summed E-state index contributed by atoms with van der Waals surface area (Å²) in [5.74, 6) is 0.340. The molecule has 0 atom stereocenters. The highest BCUT2D eigenvalue weighted by molar-refractivity contribution is 5.78. The van der Waals surface area contributed by atoms with Crippen LogP contribution in [-0.4, -0.2) is 54.9 Å². The molecular formula is C13H17F3N4O2. The van der Waals surface area contributed by atoms with Crippen molar-refractivity contribution >= 4 is 5.96 Å². The van der Waals surface area contributed by atoms with Crippen LogP contribution in [0.5, 0.6) is 5.88 Å². The van der Waals surface area contributed by atoms with Gasteiger partial charge in [0, 0.05) is 25.4 Å². The minimum Gasteiger partial charge on any atom is -0.468 e. The van der Waals surface area contributed by atoms with E-state index in [-0.39, 0.29) is 5.88 Å². The average molecular weight is 318 g/mol. The zero-order chi connectivity index (χ0) is 16.0. The summed E-state index contributed by atoms with van der Waals surface area (Å²) in [6.45, 7) is 1.55. The number of aromatic nitrogens is 1. The lowest BCUT2D eigenvalue weighted by Gasteiger charge is -2.27. The van der Waals surface area contributed by atoms with Gasteiger partial charge in [-0.25, -0.2) is 9.98 Å². The zero-order valence-corrected chi connectivity index (χ0v) is 11.8. The first kappa shape index (κ1) is 16.3. The molecule has 1 saturated heterocycles. The Morgan fingerprint density at radius 3 is 2.68 bits per heavy atom. The molecule has 6 nitrogen and oxygen atoms in total. The Labute approximate surface area is 125 Å². The molecule has 0 saturated carbocycles. The van der Waals surface area contributed by atoms with Gasteiger partial charge >= 0.3 is 6.18 Å². The van der Waals surface area contributed by atoms with Gasteiger partial charge in [-0.1, -0.05) is 6.07 Å². The summed E-state index contributed by atoms with van der Waals surface area (Å²) in [5.41, 5.74) is 6.60. The lowest BCUT2D eigenvalue weighted by atomic mass is 10.3. The number of hydrogen-bond donors (Lipinski definition) is 1. The smallest absolute Gasteiger partial charge is 0.422 e. The van der Waals surface area contributed by atoms with Crippen LogP contribution in [0, 0.1) is 0 Å². The predicted octanol–water partition coefficient (Wildman–Crippen LogP) is 1.17. The maximum absolute atomic E-state index is 12.0. The van der Waals surface area contributed by atoms with E-state index in [2.05, 4.69) is 14.7 Å². The van der Waals surface area contributed by atoms with Gasteiger partial charge in [-0.2, -0.15) is 13.2 Å². The van der Waals surface area contributed by atoms with E-state index in [9.17, 15) is 13.2 Å². The summed E-state index contributed by atoms with van der Waals surface area (Å²) in [7, 11) is 0. The summed E-state index contributed by atoms with van der Waals surface area (Å²) in [6, 6.07) is 2.98. The Morgan fingerprint density at radius 1 is 1.36 bits per heavy atom. The lowest BCUT2D eigenvalue weighted by Crippen LogP contribution is -2.44. The van der Waals surface area contributed by atoms with E-state index in [0.29, 0.717) is 38.8 Å². The molecule has 1 aromatic rings. The van der Waals surface area contributed by atoms with Crippen molar-refractivity contribution in [1.29, 1.82) is 0 Å². The minimum atomic E-state index is -4.38. The van der Waals surface area contributed by atoms with Gasteiger partial charge in [0.2, 0.25) is 5.88 Å². The van der Waals surface area contributed by atoms with Gasteiger partial charge < -0.3 is 20.1 Å². The molecule has 9 heteroatoms. The molecule has 0 bridgehead atoms. The fourth-order valence-corrected chi connectivity index (χ4v) is 1.81. The molecule has 1 aromatic heterocycles. The number of halogens is 3. The fourth-order valence-electron chi connectivity index (χ4n) is 1.81. The molecule has 2 rings (SSSR count). The van der Waals surface area contributed by atoms with E-state index in [4.69, 9.17) is 10.5 Å². The Morgan fingerprint density at radius 2 is 2.09 bits per heavy atom. The van der Waals surface area contributed by atoms with Gasteiger partial charge in [0.1, 0.15) is 0 Å². The topological polar surface area (TPSA) is 73.0 Å². The maximum atomic E-state index is 12.0. The summed E-state index contributed by atoms with van der Waals surface area (Å²) < 4.78 is 45.8. The normalized spacial score (nSPS) is 16.7. The van der Waals surface area contributed by atoms with Crippen molar-refractivity contribution in [2.24, 2.45) is 10.7 Å². The molecule has 0 amide bonds. The highest BCUT2D eigenvalue weighted by Crippen LogP contribution is 2.17. The molecule has 0 unspecified atom stereocenters. The van der Waals surface area contributed by atoms with Crippen LogP contribution >= 0.6 is 0 Å². The van der Waals surface area contributed by atoms with E-state index >= 15 is 0 Å². The third-order valence-corrected chi connectivity index (χ3v) is 2.94. The van der Waals surface area contributed by atoms with Gasteiger partial charge in [-0.3, -0.25) is 0 Å². The number of nitrogens with two attached hydrogens (primary N) is 1. The van der Waals surface area contributed by atoms with Crippen LogP contribution < -0.4 is 10.5 Å². The van der Waals surface area contributed by atoms with Crippen LogP contribution in [0.15, 0.2) is 23.3 Å². The number of ether oxygens (including phenoxy) is 2. The molecule has 22 heavy (non-hydrogen) atoms. The molecule has 2 N–H and O–H groups in total. The highest BCUT2D eigenvalue weighted by Gasteiger charge is 2.28. The second kappa shape index (κ2) is 7.30. The average Bonchev–Trinajstić information content (AvgIpc) is 2.52. The largest absolute Gasteiger partial charge is 0.468 e. The van der Waals surface area contributed by atoms with Gasteiger partial charge in [0.15, 0.2) is 12.6 Å². The Balaban J connectivity index is 1.85. The van der Waals surface area contributed by atoms with Crippen molar-refractivity contribution in [3.05, 3.63) is 23.9 Å². The monoisotopic (exact) mass is 318 g/mol. The van der Waals surface area contributed by atoms with Crippen LogP contribution in [-0.2, 0) is 11.3 Å². The number of aliphatic imine (C=N–C) groups is 1. The van der Waals surface area contributed by atoms with Crippen LogP contribution in [0.3, 0.4) is 0 Å². The molecule has 0 aliphatic carbocycles. The quantitative estimate of drug-likeness (QED) is 0.666. The minimum absolute atomic E-state index is 0.0776. The Hall–Kier alpha value is -2.03. The van der Waals surface area contributed by atoms with Crippen molar-refractivity contribution < 1.29 is 22.6 Å². The number of nitrogens with zero attached hydrogens (tertiary/aromatic N) is 3. The maximum Gasteiger partial charge on any atom is 0.422 e. The molecule has 122 valence electrons. The highest BCUT2D eigenvalue weighted by atomic mass is 19.4. The first-order valence-corrected chi connectivity index (χ1v) is 6.71. The molecule has 1 aliphatic rings. The van der Waals surface area contributed by atoms with Crippen molar-refractivity contribution in [2.75, 3.05) is 32.9 Å². The van der Waals surface area contributed by atoms with E-state index in [1.807, 2.05) is 4.90 Å². The van der Waals surface area contributed by atoms with E-state index < -0.39 is 12.8 Å². The molecule has 1 aliphatic heterocycles. The fraction of sp³-hybridized carbons (Fsp3) is 0.538. The SMILES string of the molecule is NC(=NCc1ccc(OCC(F)(F)F)nc1)N1CCOCC1. The second-order valence-electron chi connectivity index (χ2n) is 4.68. The van der Waals surface area contributed by atoms with Gasteiger partial charge in [0.25, 0.3) is 0 Å². The second-order valence-corrected chi connectivity index (χ2v) is 4.68. The van der Waals surface area contributed by atoms with Crippen molar-refractivity contribution in [2.45, 2.75) is 12.7 Å². The molecule has 0 spiro atoms.